The van der Waals surface area contributed by atoms with E-state index in [1.807, 2.05) is 38.1 Å². The van der Waals surface area contributed by atoms with E-state index in [0.29, 0.717) is 25.3 Å². The predicted octanol–water partition coefficient (Wildman–Crippen LogP) is 1.91. The highest BCUT2D eigenvalue weighted by Gasteiger charge is 2.48. The van der Waals surface area contributed by atoms with Gasteiger partial charge in [-0.25, -0.2) is 10.0 Å². The van der Waals surface area contributed by atoms with E-state index in [1.54, 1.807) is 11.2 Å². The number of benzene rings is 1. The third-order valence-electron chi connectivity index (χ3n) is 5.09. The molecule has 6 heteroatoms. The summed E-state index contributed by atoms with van der Waals surface area (Å²) in [6, 6.07) is 7.40. The van der Waals surface area contributed by atoms with Crippen molar-refractivity contribution in [1.82, 2.24) is 10.3 Å². The second-order valence-electron chi connectivity index (χ2n) is 7.72. The normalized spacial score (nSPS) is 25.6. The van der Waals surface area contributed by atoms with E-state index in [-0.39, 0.29) is 17.0 Å². The van der Waals surface area contributed by atoms with Crippen molar-refractivity contribution in [3.63, 3.8) is 0 Å². The van der Waals surface area contributed by atoms with Crippen molar-refractivity contribution in [1.29, 1.82) is 0 Å². The molecule has 0 aromatic heterocycles. The van der Waals surface area contributed by atoms with Crippen LogP contribution in [0.2, 0.25) is 0 Å². The number of nitrogens with zero attached hydrogens (tertiary/aromatic N) is 3. The Hall–Kier alpha value is -2.50. The molecule has 0 spiro atoms. The maximum atomic E-state index is 12.9. The van der Waals surface area contributed by atoms with E-state index in [2.05, 4.69) is 15.4 Å². The molecule has 3 aliphatic rings. The summed E-state index contributed by atoms with van der Waals surface area (Å²) in [4.78, 5) is 30.3. The summed E-state index contributed by atoms with van der Waals surface area (Å²) in [5.41, 5.74) is 1.64. The number of fused-ring (bicyclic) bond motifs is 1. The summed E-state index contributed by atoms with van der Waals surface area (Å²) < 4.78 is 0. The first-order valence-electron chi connectivity index (χ1n) is 8.72. The molecule has 1 aromatic rings. The Morgan fingerprint density at radius 3 is 2.56 bits per heavy atom. The van der Waals surface area contributed by atoms with Gasteiger partial charge in [0.15, 0.2) is 0 Å². The molecule has 25 heavy (non-hydrogen) atoms. The number of carbonyl (C=O) groups is 2. The van der Waals surface area contributed by atoms with Crippen LogP contribution in [0.1, 0.15) is 43.9 Å². The molecule has 4 rings (SSSR count). The van der Waals surface area contributed by atoms with Gasteiger partial charge in [0.05, 0.1) is 18.8 Å². The highest BCUT2D eigenvalue weighted by molar-refractivity contribution is 6.07. The number of hydrogen-bond acceptors (Lipinski definition) is 6. The lowest BCUT2D eigenvalue weighted by atomic mass is 9.68. The maximum Gasteiger partial charge on any atom is 0.215 e. The first-order chi connectivity index (χ1) is 12.0. The van der Waals surface area contributed by atoms with Crippen LogP contribution in [-0.4, -0.2) is 41.8 Å². The van der Waals surface area contributed by atoms with Gasteiger partial charge in [0.1, 0.15) is 17.5 Å². The number of hydrogen-bond donors (Lipinski definition) is 1. The first-order valence-corrected chi connectivity index (χ1v) is 8.72. The van der Waals surface area contributed by atoms with Crippen LogP contribution in [0.15, 0.2) is 34.4 Å². The monoisotopic (exact) mass is 338 g/mol. The van der Waals surface area contributed by atoms with Crippen LogP contribution in [0, 0.1) is 11.3 Å². The first kappa shape index (κ1) is 16.0. The fourth-order valence-corrected chi connectivity index (χ4v) is 4.03. The van der Waals surface area contributed by atoms with E-state index >= 15 is 0 Å². The highest BCUT2D eigenvalue weighted by atomic mass is 16.2. The number of ketones is 2. The van der Waals surface area contributed by atoms with Gasteiger partial charge in [-0.15, -0.1) is 0 Å². The van der Waals surface area contributed by atoms with Gasteiger partial charge < -0.3 is 5.32 Å². The molecule has 1 unspecified atom stereocenters. The van der Waals surface area contributed by atoms with Crippen LogP contribution in [0.25, 0.3) is 0 Å². The number of aliphatic imine (C=N–C) groups is 1. The molecule has 2 heterocycles. The number of hydrazone groups is 1. The Bertz CT molecular complexity index is 776. The predicted molar refractivity (Wildman–Crippen MR) is 95.4 cm³/mol. The zero-order valence-electron chi connectivity index (χ0n) is 14.5. The average Bonchev–Trinajstić information content (AvgIpc) is 3.07. The molecule has 2 aliphatic heterocycles. The average molecular weight is 338 g/mol. The third kappa shape index (κ3) is 2.75. The Morgan fingerprint density at radius 1 is 1.16 bits per heavy atom. The lowest BCUT2D eigenvalue weighted by Gasteiger charge is -2.40. The molecule has 0 saturated heterocycles. The Labute approximate surface area is 147 Å². The molecule has 0 amide bonds. The van der Waals surface area contributed by atoms with Crippen molar-refractivity contribution in [2.75, 3.05) is 13.1 Å². The van der Waals surface area contributed by atoms with E-state index < -0.39 is 12.0 Å². The summed E-state index contributed by atoms with van der Waals surface area (Å²) in [7, 11) is 0. The van der Waals surface area contributed by atoms with Crippen molar-refractivity contribution in [3.05, 3.63) is 35.4 Å². The van der Waals surface area contributed by atoms with Crippen molar-refractivity contribution in [2.24, 2.45) is 21.4 Å². The Kier molecular flexibility index (Phi) is 3.71. The summed E-state index contributed by atoms with van der Waals surface area (Å²) in [5.74, 6) is -0.0542. The SMILES string of the molecule is CC1(C)CC(=O)C(C2c3ccccc3C=NN2C2=NCCN2)C(=O)C1. The molecule has 1 atom stereocenters. The molecule has 6 nitrogen and oxygen atoms in total. The van der Waals surface area contributed by atoms with Crippen LogP contribution in [0.4, 0.5) is 0 Å². The van der Waals surface area contributed by atoms with E-state index in [9.17, 15) is 9.59 Å². The van der Waals surface area contributed by atoms with Gasteiger partial charge in [-0.05, 0) is 16.5 Å². The van der Waals surface area contributed by atoms with Gasteiger partial charge >= 0.3 is 0 Å². The molecule has 1 saturated carbocycles. The molecule has 130 valence electrons. The second-order valence-corrected chi connectivity index (χ2v) is 7.72. The Balaban J connectivity index is 1.79. The smallest absolute Gasteiger partial charge is 0.215 e. The van der Waals surface area contributed by atoms with E-state index in [0.717, 1.165) is 17.7 Å². The van der Waals surface area contributed by atoms with Crippen molar-refractivity contribution in [2.45, 2.75) is 32.7 Å². The van der Waals surface area contributed by atoms with Crippen LogP contribution >= 0.6 is 0 Å². The number of Topliss-reactive ketones (excluding diaryl/α,β-unsaturated/α-hetero) is 2. The quantitative estimate of drug-likeness (QED) is 0.794. The second kappa shape index (κ2) is 5.79. The van der Waals surface area contributed by atoms with Crippen LogP contribution in [0.3, 0.4) is 0 Å². The largest absolute Gasteiger partial charge is 0.353 e. The maximum absolute atomic E-state index is 12.9. The summed E-state index contributed by atoms with van der Waals surface area (Å²) >= 11 is 0. The standard InChI is InChI=1S/C19H22N4O2/c1-19(2)9-14(24)16(15(25)10-19)17-13-6-4-3-5-12(13)11-22-23(17)18-20-7-8-21-18/h3-6,11,16-17H,7-10H2,1-2H3,(H,20,21). The number of nitrogens with one attached hydrogen (secondary N) is 1. The van der Waals surface area contributed by atoms with E-state index in [4.69, 9.17) is 0 Å². The van der Waals surface area contributed by atoms with Gasteiger partial charge in [-0.2, -0.15) is 5.10 Å². The highest BCUT2D eigenvalue weighted by Crippen LogP contribution is 2.43. The number of rotatable bonds is 1. The van der Waals surface area contributed by atoms with Crippen LogP contribution < -0.4 is 5.32 Å². The summed E-state index contributed by atoms with van der Waals surface area (Å²) in [6.45, 7) is 5.38. The minimum absolute atomic E-state index is 0.00162. The van der Waals surface area contributed by atoms with Crippen LogP contribution in [0.5, 0.6) is 0 Å². The topological polar surface area (TPSA) is 74.1 Å². The van der Waals surface area contributed by atoms with E-state index in [1.165, 1.54) is 0 Å². The lowest BCUT2D eigenvalue weighted by molar-refractivity contribution is -0.142. The lowest BCUT2D eigenvalue weighted by Crippen LogP contribution is -2.49. The zero-order valence-corrected chi connectivity index (χ0v) is 14.5. The third-order valence-corrected chi connectivity index (χ3v) is 5.09. The molecule has 1 N–H and O–H groups in total. The minimum atomic E-state index is -0.697. The van der Waals surface area contributed by atoms with Crippen molar-refractivity contribution < 1.29 is 9.59 Å². The molecule has 1 fully saturated rings. The van der Waals surface area contributed by atoms with Crippen LogP contribution in [-0.2, 0) is 9.59 Å². The molecular formula is C19H22N4O2. The summed E-state index contributed by atoms with van der Waals surface area (Å²) in [6.07, 6.45) is 2.61. The number of guanidine groups is 1. The summed E-state index contributed by atoms with van der Waals surface area (Å²) in [5, 5.41) is 9.47. The van der Waals surface area contributed by atoms with Gasteiger partial charge in [0, 0.05) is 19.4 Å². The molecule has 1 aromatic carbocycles. The van der Waals surface area contributed by atoms with Gasteiger partial charge in [-0.3, -0.25) is 9.59 Å². The van der Waals surface area contributed by atoms with Gasteiger partial charge in [-0.1, -0.05) is 38.1 Å². The fraction of sp³-hybridized carbons (Fsp3) is 0.474. The molecule has 1 aliphatic carbocycles. The number of carbonyl (C=O) groups excluding carboxylic acids is 2. The van der Waals surface area contributed by atoms with Crippen molar-refractivity contribution >= 4 is 23.7 Å². The van der Waals surface area contributed by atoms with Crippen molar-refractivity contribution in [3.8, 4) is 0 Å². The molecule has 0 bridgehead atoms. The molecular weight excluding hydrogens is 316 g/mol. The fourth-order valence-electron chi connectivity index (χ4n) is 4.03. The molecule has 0 radical (unpaired) electrons. The minimum Gasteiger partial charge on any atom is -0.353 e. The zero-order chi connectivity index (χ0) is 17.6. The Morgan fingerprint density at radius 2 is 1.88 bits per heavy atom. The van der Waals surface area contributed by atoms with Gasteiger partial charge in [0.25, 0.3) is 0 Å². The van der Waals surface area contributed by atoms with Gasteiger partial charge in [0.2, 0.25) is 5.96 Å².